The normalized spacial score (nSPS) is 15.1. The van der Waals surface area contributed by atoms with E-state index in [0.717, 1.165) is 120 Å². The maximum atomic E-state index is 12.5. The van der Waals surface area contributed by atoms with Gasteiger partial charge in [0.05, 0.1) is 37.0 Å². The highest BCUT2D eigenvalue weighted by Crippen LogP contribution is 2.48. The van der Waals surface area contributed by atoms with Crippen LogP contribution in [0.5, 0.6) is 11.5 Å². The molecule has 0 bridgehead atoms. The fourth-order valence-corrected chi connectivity index (χ4v) is 17.1. The maximum Gasteiger partial charge on any atom is 0.405 e. The quantitative estimate of drug-likeness (QED) is 0.0721. The Labute approximate surface area is 703 Å². The standard InChI is InChI=1S/C27H20ClN3.C26H22ClN3O.C26H23N3O.C20H15ClF3N3/c28-21-11-8-18(9-12-21)25-15-20-16-29-27(31-26(20)24-7-2-1-6-23(24)25)30-22-13-10-17-4-3-5-19(17)14-22;1-31-24-13-7-2-8-17(24)15-28-26-29-16-18-14-22(20-10-5-6-12-23(20)27)19-9-3-4-11-21(19)25(18)30-26;1-30-24-14-8-5-11-19(24)16-27-26-28-17-20-15-23(18-9-3-2-4-10-18)21-12-6-7-13-22(21)25(20)29-26;21-14-7-5-12(6-8-14)17-9-13-10-25-19(26-11-20(22,23)24)27-18(13)16-4-2-1-3-15(16)17/h1-3,5-14,16,25H,4,15H2,(H,29,30,31);2-13,16,22H,14-15H2,1H3,(H,28,29,30);2-14,17,23H,15-16H2,1H3,(H,27,28,29);1-8,10,17H,9,11H2,(H,25,26,27). The van der Waals surface area contributed by atoms with Crippen LogP contribution < -0.4 is 30.7 Å². The zero-order valence-electron chi connectivity index (χ0n) is 65.0. The van der Waals surface area contributed by atoms with Gasteiger partial charge in [-0.15, -0.1) is 0 Å². The van der Waals surface area contributed by atoms with Crippen LogP contribution in [0.15, 0.2) is 298 Å². The van der Waals surface area contributed by atoms with E-state index < -0.39 is 12.7 Å². The van der Waals surface area contributed by atoms with Gasteiger partial charge in [-0.3, -0.25) is 0 Å². The van der Waals surface area contributed by atoms with E-state index in [2.05, 4.69) is 198 Å². The molecule has 4 aromatic heterocycles. The molecular formula is C99H80Cl3F3N12O2. The van der Waals surface area contributed by atoms with Crippen molar-refractivity contribution in [1.29, 1.82) is 0 Å². The smallest absolute Gasteiger partial charge is 0.405 e. The number of hydrogen-bond acceptors (Lipinski definition) is 14. The lowest BCUT2D eigenvalue weighted by atomic mass is 9.78. The largest absolute Gasteiger partial charge is 0.496 e. The Hall–Kier alpha value is -13.1. The molecule has 0 amide bonds. The summed E-state index contributed by atoms with van der Waals surface area (Å²) in [5.41, 5.74) is 28.1. The minimum atomic E-state index is -4.32. The van der Waals surface area contributed by atoms with Gasteiger partial charge in [0.2, 0.25) is 23.8 Å². The molecule has 4 atom stereocenters. The number of alkyl halides is 3. The van der Waals surface area contributed by atoms with E-state index in [1.54, 1.807) is 20.4 Å². The summed E-state index contributed by atoms with van der Waals surface area (Å²) in [6, 6.07) is 90.4. The second-order valence-electron chi connectivity index (χ2n) is 29.6. The Morgan fingerprint density at radius 3 is 1.18 bits per heavy atom. The van der Waals surface area contributed by atoms with E-state index in [1.807, 2.05) is 146 Å². The molecule has 5 aliphatic rings. The van der Waals surface area contributed by atoms with Crippen LogP contribution in [-0.4, -0.2) is 66.8 Å². The number of anilines is 5. The third kappa shape index (κ3) is 17.7. The zero-order valence-corrected chi connectivity index (χ0v) is 67.3. The van der Waals surface area contributed by atoms with Gasteiger partial charge in [-0.1, -0.05) is 259 Å². The molecule has 14 nitrogen and oxygen atoms in total. The van der Waals surface area contributed by atoms with E-state index in [-0.39, 0.29) is 23.7 Å². The fourth-order valence-electron chi connectivity index (χ4n) is 16.5. The number of rotatable bonds is 16. The summed E-state index contributed by atoms with van der Waals surface area (Å²) in [5.74, 6) is 4.45. The molecule has 0 fully saturated rings. The van der Waals surface area contributed by atoms with Crippen LogP contribution in [0.3, 0.4) is 0 Å². The predicted octanol–water partition coefficient (Wildman–Crippen LogP) is 23.8. The van der Waals surface area contributed by atoms with Crippen molar-refractivity contribution in [1.82, 2.24) is 39.9 Å². The van der Waals surface area contributed by atoms with Gasteiger partial charge in [0.15, 0.2) is 0 Å². The van der Waals surface area contributed by atoms with E-state index in [1.165, 1.54) is 61.2 Å². The molecule has 590 valence electrons. The van der Waals surface area contributed by atoms with E-state index in [4.69, 9.17) is 59.2 Å². The summed E-state index contributed by atoms with van der Waals surface area (Å²) in [4.78, 5) is 36.9. The van der Waals surface area contributed by atoms with E-state index in [0.29, 0.717) is 54.0 Å². The summed E-state index contributed by atoms with van der Waals surface area (Å²) in [6.07, 6.45) is 11.8. The number of nitrogens with zero attached hydrogens (tertiary/aromatic N) is 8. The van der Waals surface area contributed by atoms with Gasteiger partial charge in [-0.25, -0.2) is 39.9 Å². The van der Waals surface area contributed by atoms with Crippen molar-refractivity contribution >= 4 is 70.4 Å². The third-order valence-electron chi connectivity index (χ3n) is 22.3. The van der Waals surface area contributed by atoms with Gasteiger partial charge in [0.1, 0.15) is 18.0 Å². The highest BCUT2D eigenvalue weighted by Gasteiger charge is 2.34. The maximum absolute atomic E-state index is 12.5. The highest BCUT2D eigenvalue weighted by molar-refractivity contribution is 6.31. The van der Waals surface area contributed by atoms with Crippen molar-refractivity contribution in [3.8, 4) is 56.5 Å². The summed E-state index contributed by atoms with van der Waals surface area (Å²) in [6.45, 7) is 0.0324. The molecule has 20 rings (SSSR count). The number of hydrogen-bond donors (Lipinski definition) is 4. The van der Waals surface area contributed by atoms with Gasteiger partial charge < -0.3 is 30.7 Å². The van der Waals surface area contributed by atoms with Gasteiger partial charge in [0, 0.05) is 116 Å². The van der Waals surface area contributed by atoms with Crippen LogP contribution in [0.2, 0.25) is 15.1 Å². The first kappa shape index (κ1) is 78.5. The molecule has 0 saturated carbocycles. The molecule has 0 spiro atoms. The van der Waals surface area contributed by atoms with Crippen molar-refractivity contribution in [2.24, 2.45) is 0 Å². The first-order valence-electron chi connectivity index (χ1n) is 39.4. The van der Waals surface area contributed by atoms with Gasteiger partial charge in [-0.05, 0) is 165 Å². The Bertz CT molecular complexity index is 6220. The Morgan fingerprint density at radius 1 is 0.370 bits per heavy atom. The van der Waals surface area contributed by atoms with Crippen molar-refractivity contribution in [2.45, 2.75) is 75.0 Å². The van der Waals surface area contributed by atoms with Crippen LogP contribution in [0.1, 0.15) is 113 Å². The molecule has 4 heterocycles. The molecule has 4 N–H and O–H groups in total. The predicted molar refractivity (Wildman–Crippen MR) is 471 cm³/mol. The molecule has 0 saturated heterocycles. The molecule has 5 aliphatic carbocycles. The molecule has 4 unspecified atom stereocenters. The molecule has 0 aliphatic heterocycles. The summed E-state index contributed by atoms with van der Waals surface area (Å²) in [7, 11) is 3.37. The minimum absolute atomic E-state index is 0.0224. The lowest BCUT2D eigenvalue weighted by Crippen LogP contribution is -2.23. The van der Waals surface area contributed by atoms with Crippen LogP contribution in [0, 0.1) is 0 Å². The summed E-state index contributed by atoms with van der Waals surface area (Å²) in [5, 5.41) is 14.6. The molecular weight excluding hydrogens is 1550 g/mol. The van der Waals surface area contributed by atoms with Crippen molar-refractivity contribution in [2.75, 3.05) is 42.0 Å². The molecule has 20 heteroatoms. The Balaban J connectivity index is 0.000000114. The number of methoxy groups -OCH3 is 2. The SMILES string of the molecule is COc1ccccc1CNc1ncc2c(n1)-c1ccccc1C(c1ccccc1)C2.COc1ccccc1CNc1ncc2c(n1)-c1ccccc1C(c1ccccc1Cl)C2.Clc1ccc(C2Cc3cnc(Nc4ccc5c(c4)C=CC5)nc3-c3ccccc32)cc1.FC(F)(F)CNc1ncc2c(n1)-c1ccccc1C(c1ccc(Cl)cc1)C2. The minimum Gasteiger partial charge on any atom is -0.496 e. The molecule has 0 radical (unpaired) electrons. The second-order valence-corrected chi connectivity index (χ2v) is 30.9. The number of ether oxygens (including phenoxy) is 2. The first-order chi connectivity index (χ1) is 58.2. The zero-order chi connectivity index (χ0) is 81.4. The molecule has 119 heavy (non-hydrogen) atoms. The lowest BCUT2D eigenvalue weighted by Gasteiger charge is -2.28. The Kier molecular flexibility index (Phi) is 23.3. The van der Waals surface area contributed by atoms with Crippen LogP contribution in [-0.2, 0) is 45.2 Å². The van der Waals surface area contributed by atoms with Crippen molar-refractivity contribution in [3.63, 3.8) is 0 Å². The monoisotopic (exact) mass is 1630 g/mol. The van der Waals surface area contributed by atoms with Crippen molar-refractivity contribution < 1.29 is 22.6 Å². The van der Waals surface area contributed by atoms with Gasteiger partial charge >= 0.3 is 6.18 Å². The lowest BCUT2D eigenvalue weighted by molar-refractivity contribution is -0.115. The van der Waals surface area contributed by atoms with E-state index >= 15 is 0 Å². The number of halogens is 6. The number of para-hydroxylation sites is 2. The van der Waals surface area contributed by atoms with Gasteiger partial charge in [-0.2, -0.15) is 13.2 Å². The highest BCUT2D eigenvalue weighted by atomic mass is 35.5. The summed E-state index contributed by atoms with van der Waals surface area (Å²) >= 11 is 18.7. The van der Waals surface area contributed by atoms with Crippen LogP contribution >= 0.6 is 34.8 Å². The molecule has 15 aromatic rings. The second kappa shape index (κ2) is 35.4. The number of benzene rings is 11. The fraction of sp³-hybridized carbons (Fsp3) is 0.152. The summed E-state index contributed by atoms with van der Waals surface area (Å²) < 4.78 is 48.3. The number of allylic oxidation sites excluding steroid dienone is 1. The average Bonchev–Trinajstić information content (AvgIpc) is 1.05. The number of aromatic nitrogens is 8. The topological polar surface area (TPSA) is 170 Å². The van der Waals surface area contributed by atoms with Gasteiger partial charge in [0.25, 0.3) is 0 Å². The van der Waals surface area contributed by atoms with Crippen LogP contribution in [0.4, 0.5) is 42.7 Å². The number of fused-ring (bicyclic) bond motifs is 13. The van der Waals surface area contributed by atoms with Crippen LogP contribution in [0.25, 0.3) is 51.1 Å². The van der Waals surface area contributed by atoms with E-state index in [9.17, 15) is 13.2 Å². The number of nitrogens with one attached hydrogen (secondary N) is 4. The first-order valence-corrected chi connectivity index (χ1v) is 40.6. The molecule has 11 aromatic carbocycles. The Morgan fingerprint density at radius 2 is 0.739 bits per heavy atom. The average molecular weight is 1630 g/mol. The van der Waals surface area contributed by atoms with Crippen molar-refractivity contribution in [3.05, 3.63) is 402 Å². The third-order valence-corrected chi connectivity index (χ3v) is 23.1.